The van der Waals surface area contributed by atoms with Crippen LogP contribution in [0.4, 0.5) is 5.69 Å². The van der Waals surface area contributed by atoms with Crippen LogP contribution in [0.1, 0.15) is 75.2 Å². The molecule has 3 aromatic carbocycles. The van der Waals surface area contributed by atoms with Gasteiger partial charge in [-0.15, -0.1) is 0 Å². The molecule has 5 heteroatoms. The Hall–Kier alpha value is -3.60. The lowest BCUT2D eigenvalue weighted by atomic mass is 10.0. The van der Waals surface area contributed by atoms with Crippen LogP contribution >= 0.6 is 0 Å². The minimum atomic E-state index is 0.0669. The molecule has 5 rings (SSSR count). The van der Waals surface area contributed by atoms with E-state index in [2.05, 4.69) is 86.0 Å². The summed E-state index contributed by atoms with van der Waals surface area (Å²) in [7, 11) is 0. The number of anilines is 1. The molecule has 0 radical (unpaired) electrons. The Morgan fingerprint density at radius 2 is 1.74 bits per heavy atom. The molecule has 198 valence electrons. The van der Waals surface area contributed by atoms with Crippen molar-refractivity contribution < 1.29 is 9.53 Å². The number of aromatic nitrogens is 2. The Morgan fingerprint density at radius 3 is 2.53 bits per heavy atom. The van der Waals surface area contributed by atoms with Crippen LogP contribution in [0.3, 0.4) is 0 Å². The van der Waals surface area contributed by atoms with Crippen LogP contribution in [0.25, 0.3) is 11.0 Å². The number of rotatable bonds is 11. The number of fused-ring (bicyclic) bond motifs is 1. The number of unbranched alkanes of at least 4 members (excludes halogenated alkanes) is 1. The second kappa shape index (κ2) is 11.8. The summed E-state index contributed by atoms with van der Waals surface area (Å²) in [5.41, 5.74) is 5.66. The van der Waals surface area contributed by atoms with Crippen LogP contribution in [0, 0.1) is 0 Å². The van der Waals surface area contributed by atoms with E-state index < -0.39 is 0 Å². The van der Waals surface area contributed by atoms with Crippen LogP contribution in [0.15, 0.2) is 72.8 Å². The third-order valence-corrected chi connectivity index (χ3v) is 7.57. The normalized spacial score (nSPS) is 15.6. The molecule has 1 amide bonds. The average molecular weight is 510 g/mol. The lowest BCUT2D eigenvalue weighted by molar-refractivity contribution is -0.117. The van der Waals surface area contributed by atoms with Gasteiger partial charge in [-0.25, -0.2) is 4.98 Å². The first kappa shape index (κ1) is 26.0. The SMILES string of the molecule is CCCCc1ccc(N2CC(c3nc4ccccc4n3CCCOc3ccccc3C(C)C)CC2=O)cc1. The summed E-state index contributed by atoms with van der Waals surface area (Å²) >= 11 is 0. The van der Waals surface area contributed by atoms with Crippen LogP contribution in [-0.2, 0) is 17.8 Å². The molecule has 1 fully saturated rings. The molecular formula is C33H39N3O2. The largest absolute Gasteiger partial charge is 0.493 e. The van der Waals surface area contributed by atoms with Crippen molar-refractivity contribution in [3.05, 3.63) is 89.7 Å². The Bertz CT molecular complexity index is 1370. The summed E-state index contributed by atoms with van der Waals surface area (Å²) in [6, 6.07) is 25.1. The number of nitrogens with zero attached hydrogens (tertiary/aromatic N) is 3. The van der Waals surface area contributed by atoms with Crippen LogP contribution in [0.5, 0.6) is 5.75 Å². The summed E-state index contributed by atoms with van der Waals surface area (Å²) in [4.78, 5) is 20.1. The highest BCUT2D eigenvalue weighted by Crippen LogP contribution is 2.34. The number of imidazole rings is 1. The zero-order valence-electron chi connectivity index (χ0n) is 22.9. The Kier molecular flexibility index (Phi) is 8.11. The Labute approximate surface area is 226 Å². The van der Waals surface area contributed by atoms with Gasteiger partial charge in [-0.2, -0.15) is 0 Å². The molecule has 2 heterocycles. The van der Waals surface area contributed by atoms with E-state index in [0.717, 1.165) is 47.7 Å². The third-order valence-electron chi connectivity index (χ3n) is 7.57. The molecule has 5 nitrogen and oxygen atoms in total. The summed E-state index contributed by atoms with van der Waals surface area (Å²) in [5, 5.41) is 0. The van der Waals surface area contributed by atoms with E-state index in [-0.39, 0.29) is 11.8 Å². The maximum Gasteiger partial charge on any atom is 0.227 e. The molecule has 0 N–H and O–H groups in total. The predicted molar refractivity (Wildman–Crippen MR) is 155 cm³/mol. The lowest BCUT2D eigenvalue weighted by Crippen LogP contribution is -2.24. The minimum Gasteiger partial charge on any atom is -0.493 e. The van der Waals surface area contributed by atoms with E-state index >= 15 is 0 Å². The topological polar surface area (TPSA) is 47.4 Å². The molecule has 1 aliphatic heterocycles. The molecule has 1 saturated heterocycles. The molecule has 4 aromatic rings. The van der Waals surface area contributed by atoms with E-state index in [1.54, 1.807) is 0 Å². The smallest absolute Gasteiger partial charge is 0.227 e. The number of aryl methyl sites for hydroxylation is 2. The van der Waals surface area contributed by atoms with E-state index in [1.165, 1.54) is 24.0 Å². The molecule has 0 bridgehead atoms. The van der Waals surface area contributed by atoms with Crippen molar-refractivity contribution in [1.29, 1.82) is 0 Å². The van der Waals surface area contributed by atoms with E-state index in [9.17, 15) is 4.79 Å². The van der Waals surface area contributed by atoms with Gasteiger partial charge in [0.05, 0.1) is 17.6 Å². The van der Waals surface area contributed by atoms with Gasteiger partial charge in [-0.1, -0.05) is 69.7 Å². The average Bonchev–Trinajstić information content (AvgIpc) is 3.50. The van der Waals surface area contributed by atoms with Crippen molar-refractivity contribution in [2.24, 2.45) is 0 Å². The van der Waals surface area contributed by atoms with Gasteiger partial charge in [0.25, 0.3) is 0 Å². The molecule has 1 aromatic heterocycles. The third kappa shape index (κ3) is 5.62. The Morgan fingerprint density at radius 1 is 0.974 bits per heavy atom. The molecular weight excluding hydrogens is 470 g/mol. The molecule has 1 aliphatic rings. The summed E-state index contributed by atoms with van der Waals surface area (Å²) in [5.74, 6) is 2.63. The highest BCUT2D eigenvalue weighted by molar-refractivity contribution is 5.96. The maximum atomic E-state index is 13.1. The monoisotopic (exact) mass is 509 g/mol. The fourth-order valence-corrected chi connectivity index (χ4v) is 5.49. The fraction of sp³-hybridized carbons (Fsp3) is 0.394. The predicted octanol–water partition coefficient (Wildman–Crippen LogP) is 7.49. The van der Waals surface area contributed by atoms with E-state index in [4.69, 9.17) is 9.72 Å². The quantitative estimate of drug-likeness (QED) is 0.197. The van der Waals surface area contributed by atoms with Gasteiger partial charge in [-0.3, -0.25) is 4.79 Å². The molecule has 0 saturated carbocycles. The first-order valence-electron chi connectivity index (χ1n) is 14.1. The van der Waals surface area contributed by atoms with Gasteiger partial charge in [0.15, 0.2) is 0 Å². The summed E-state index contributed by atoms with van der Waals surface area (Å²) in [6.45, 7) is 8.70. The number of amides is 1. The first-order chi connectivity index (χ1) is 18.5. The van der Waals surface area contributed by atoms with Gasteiger partial charge in [-0.05, 0) is 66.6 Å². The van der Waals surface area contributed by atoms with Gasteiger partial charge in [0, 0.05) is 31.1 Å². The molecule has 0 aliphatic carbocycles. The van der Waals surface area contributed by atoms with Crippen molar-refractivity contribution in [2.45, 2.75) is 71.3 Å². The highest BCUT2D eigenvalue weighted by Gasteiger charge is 2.34. The number of benzene rings is 3. The number of hydrogen-bond donors (Lipinski definition) is 0. The molecule has 1 unspecified atom stereocenters. The van der Waals surface area contributed by atoms with Crippen LogP contribution < -0.4 is 9.64 Å². The van der Waals surface area contributed by atoms with Crippen LogP contribution in [-0.4, -0.2) is 28.6 Å². The van der Waals surface area contributed by atoms with E-state index in [1.807, 2.05) is 17.0 Å². The number of carbonyl (C=O) groups excluding carboxylic acids is 1. The number of ether oxygens (including phenoxy) is 1. The van der Waals surface area contributed by atoms with Crippen molar-refractivity contribution in [3.63, 3.8) is 0 Å². The molecule has 38 heavy (non-hydrogen) atoms. The van der Waals surface area contributed by atoms with Crippen LogP contribution in [0.2, 0.25) is 0 Å². The number of para-hydroxylation sites is 3. The summed E-state index contributed by atoms with van der Waals surface area (Å²) in [6.07, 6.45) is 4.81. The highest BCUT2D eigenvalue weighted by atomic mass is 16.5. The zero-order chi connectivity index (χ0) is 26.5. The van der Waals surface area contributed by atoms with Crippen molar-refractivity contribution >= 4 is 22.6 Å². The van der Waals surface area contributed by atoms with Gasteiger partial charge < -0.3 is 14.2 Å². The first-order valence-corrected chi connectivity index (χ1v) is 14.1. The summed E-state index contributed by atoms with van der Waals surface area (Å²) < 4.78 is 8.51. The maximum absolute atomic E-state index is 13.1. The van der Waals surface area contributed by atoms with Gasteiger partial charge in [0.2, 0.25) is 5.91 Å². The van der Waals surface area contributed by atoms with Crippen molar-refractivity contribution in [2.75, 3.05) is 18.1 Å². The van der Waals surface area contributed by atoms with Gasteiger partial charge in [0.1, 0.15) is 11.6 Å². The minimum absolute atomic E-state index is 0.0669. The second-order valence-corrected chi connectivity index (χ2v) is 10.7. The number of carbonyl (C=O) groups is 1. The fourth-order valence-electron chi connectivity index (χ4n) is 5.49. The molecule has 0 spiro atoms. The van der Waals surface area contributed by atoms with Crippen molar-refractivity contribution in [3.8, 4) is 5.75 Å². The van der Waals surface area contributed by atoms with Gasteiger partial charge >= 0.3 is 0 Å². The zero-order valence-corrected chi connectivity index (χ0v) is 22.9. The standard InChI is InChI=1S/C33H39N3O2/c1-4-5-11-25-16-18-27(19-17-25)36-23-26(22-32(36)37)33-34-29-13-7-8-14-30(29)35(33)20-10-21-38-31-15-9-6-12-28(31)24(2)3/h6-9,12-19,24,26H,4-5,10-11,20-23H2,1-3H3. The second-order valence-electron chi connectivity index (χ2n) is 10.7. The number of hydrogen-bond acceptors (Lipinski definition) is 3. The van der Waals surface area contributed by atoms with Crippen molar-refractivity contribution in [1.82, 2.24) is 9.55 Å². The van der Waals surface area contributed by atoms with E-state index in [0.29, 0.717) is 25.5 Å². The lowest BCUT2D eigenvalue weighted by Gasteiger charge is -2.18. The molecule has 1 atom stereocenters. The Balaban J connectivity index is 1.30.